The fourth-order valence-corrected chi connectivity index (χ4v) is 1.02. The quantitative estimate of drug-likeness (QED) is 0.448. The van der Waals surface area contributed by atoms with Crippen LogP contribution < -0.4 is 0 Å². The summed E-state index contributed by atoms with van der Waals surface area (Å²) in [6, 6.07) is 0. The molecule has 1 aliphatic rings. The molecule has 0 unspecified atom stereocenters. The molecule has 0 heterocycles. The van der Waals surface area contributed by atoms with Crippen molar-refractivity contribution in [2.24, 2.45) is 0 Å². The highest BCUT2D eigenvalue weighted by Crippen LogP contribution is 2.22. The van der Waals surface area contributed by atoms with Crippen LogP contribution in [0.1, 0.15) is 41.5 Å². The van der Waals surface area contributed by atoms with Crippen LogP contribution in [0.5, 0.6) is 0 Å². The van der Waals surface area contributed by atoms with Gasteiger partial charge in [-0.25, -0.2) is 0 Å². The first-order valence-electron chi connectivity index (χ1n) is 6.22. The summed E-state index contributed by atoms with van der Waals surface area (Å²) in [6.45, 7) is 10.4. The smallest absolute Gasteiger partial charge is 0.262 e. The first kappa shape index (κ1) is 16.4. The number of allylic oxidation sites excluding steroid dienone is 2. The number of hydrogen-bond donors (Lipinski definition) is 0. The SMILES string of the molecule is CC(C)(C)OOC1=C(OOC(C)(C)C)C(=O)C=CC1=O. The van der Waals surface area contributed by atoms with Crippen molar-refractivity contribution in [3.8, 4) is 0 Å². The van der Waals surface area contributed by atoms with Crippen molar-refractivity contribution >= 4 is 11.6 Å². The van der Waals surface area contributed by atoms with Crippen LogP contribution in [0.3, 0.4) is 0 Å². The molecule has 0 N–H and O–H groups in total. The van der Waals surface area contributed by atoms with Gasteiger partial charge in [0.05, 0.1) is 0 Å². The lowest BCUT2D eigenvalue weighted by Gasteiger charge is -2.22. The van der Waals surface area contributed by atoms with E-state index in [-0.39, 0.29) is 11.5 Å². The number of carbonyl (C=O) groups excluding carboxylic acids is 2. The van der Waals surface area contributed by atoms with Crippen LogP contribution in [0.15, 0.2) is 23.7 Å². The molecule has 0 bridgehead atoms. The molecule has 0 aromatic heterocycles. The molecule has 0 amide bonds. The third-order valence-corrected chi connectivity index (χ3v) is 1.79. The van der Waals surface area contributed by atoms with E-state index in [9.17, 15) is 9.59 Å². The number of hydrogen-bond acceptors (Lipinski definition) is 6. The highest BCUT2D eigenvalue weighted by molar-refractivity contribution is 6.18. The molecule has 20 heavy (non-hydrogen) atoms. The van der Waals surface area contributed by atoms with Gasteiger partial charge in [0, 0.05) is 0 Å². The topological polar surface area (TPSA) is 71.1 Å². The summed E-state index contributed by atoms with van der Waals surface area (Å²) in [5.74, 6) is -1.70. The zero-order valence-corrected chi connectivity index (χ0v) is 12.6. The van der Waals surface area contributed by atoms with Gasteiger partial charge in [0.25, 0.3) is 11.5 Å². The molecule has 0 aromatic carbocycles. The van der Waals surface area contributed by atoms with Gasteiger partial charge in [-0.3, -0.25) is 9.59 Å². The fraction of sp³-hybridized carbons (Fsp3) is 0.571. The third-order valence-electron chi connectivity index (χ3n) is 1.79. The Labute approximate surface area is 118 Å². The number of rotatable bonds is 4. The van der Waals surface area contributed by atoms with E-state index in [0.717, 1.165) is 12.2 Å². The van der Waals surface area contributed by atoms with Crippen LogP contribution in [0.25, 0.3) is 0 Å². The predicted octanol–water partition coefficient (Wildman–Crippen LogP) is 2.40. The fourth-order valence-electron chi connectivity index (χ4n) is 1.02. The average molecular weight is 284 g/mol. The molecule has 0 spiro atoms. The van der Waals surface area contributed by atoms with Crippen molar-refractivity contribution in [1.82, 2.24) is 0 Å². The normalized spacial score (nSPS) is 16.7. The lowest BCUT2D eigenvalue weighted by molar-refractivity contribution is -0.339. The van der Waals surface area contributed by atoms with Gasteiger partial charge in [0.1, 0.15) is 11.2 Å². The summed E-state index contributed by atoms with van der Waals surface area (Å²) in [5, 5.41) is 0. The first-order chi connectivity index (χ1) is 8.99. The van der Waals surface area contributed by atoms with Gasteiger partial charge >= 0.3 is 0 Å². The minimum absolute atomic E-state index is 0.323. The van der Waals surface area contributed by atoms with E-state index in [1.54, 1.807) is 41.5 Å². The molecule has 0 fully saturated rings. The van der Waals surface area contributed by atoms with E-state index >= 15 is 0 Å². The maximum absolute atomic E-state index is 11.8. The predicted molar refractivity (Wildman–Crippen MR) is 70.0 cm³/mol. The third kappa shape index (κ3) is 5.14. The Morgan fingerprint density at radius 1 is 0.700 bits per heavy atom. The molecule has 1 aliphatic carbocycles. The average Bonchev–Trinajstić information content (AvgIpc) is 2.26. The second-order valence-electron chi connectivity index (χ2n) is 6.28. The Balaban J connectivity index is 2.93. The van der Waals surface area contributed by atoms with Crippen molar-refractivity contribution in [2.75, 3.05) is 0 Å². The van der Waals surface area contributed by atoms with Crippen LogP contribution >= 0.6 is 0 Å². The van der Waals surface area contributed by atoms with Gasteiger partial charge in [0.2, 0.25) is 11.6 Å². The van der Waals surface area contributed by atoms with Crippen LogP contribution in [-0.4, -0.2) is 22.8 Å². The largest absolute Gasteiger partial charge is 0.328 e. The summed E-state index contributed by atoms with van der Waals surface area (Å²) in [4.78, 5) is 43.5. The monoisotopic (exact) mass is 284 g/mol. The molecular formula is C14H20O6. The molecule has 6 nitrogen and oxygen atoms in total. The minimum Gasteiger partial charge on any atom is -0.328 e. The molecule has 0 saturated heterocycles. The summed E-state index contributed by atoms with van der Waals surface area (Å²) in [7, 11) is 0. The summed E-state index contributed by atoms with van der Waals surface area (Å²) in [6.07, 6.45) is 2.18. The maximum atomic E-state index is 11.8. The van der Waals surface area contributed by atoms with Gasteiger partial charge in [-0.2, -0.15) is 9.78 Å². The van der Waals surface area contributed by atoms with Crippen molar-refractivity contribution in [3.63, 3.8) is 0 Å². The molecule has 0 radical (unpaired) electrons. The summed E-state index contributed by atoms with van der Waals surface area (Å²) in [5.41, 5.74) is -1.29. The first-order valence-corrected chi connectivity index (χ1v) is 6.22. The zero-order chi connectivity index (χ0) is 15.6. The lowest BCUT2D eigenvalue weighted by atomic mass is 10.1. The van der Waals surface area contributed by atoms with E-state index in [0.29, 0.717) is 0 Å². The molecule has 0 atom stereocenters. The molecule has 0 aliphatic heterocycles. The van der Waals surface area contributed by atoms with E-state index in [4.69, 9.17) is 19.6 Å². The van der Waals surface area contributed by atoms with Crippen molar-refractivity contribution in [1.29, 1.82) is 0 Å². The molecule has 6 heteroatoms. The van der Waals surface area contributed by atoms with E-state index in [1.807, 2.05) is 0 Å². The molecule has 112 valence electrons. The van der Waals surface area contributed by atoms with Gasteiger partial charge in [-0.05, 0) is 53.7 Å². The second-order valence-corrected chi connectivity index (χ2v) is 6.28. The Hall–Kier alpha value is -1.66. The van der Waals surface area contributed by atoms with Gasteiger partial charge in [-0.1, -0.05) is 0 Å². The van der Waals surface area contributed by atoms with E-state index in [2.05, 4.69) is 0 Å². The van der Waals surface area contributed by atoms with E-state index in [1.165, 1.54) is 0 Å². The Kier molecular flexibility index (Phi) is 4.73. The van der Waals surface area contributed by atoms with Gasteiger partial charge < -0.3 is 9.78 Å². The van der Waals surface area contributed by atoms with Gasteiger partial charge in [0.15, 0.2) is 0 Å². The Morgan fingerprint density at radius 3 is 1.25 bits per heavy atom. The highest BCUT2D eigenvalue weighted by atomic mass is 17.2. The standard InChI is InChI=1S/C14H20O6/c1-13(2,3)19-17-11-9(15)7-8-10(16)12(11)18-20-14(4,5)6/h7-8H,1-6H3. The summed E-state index contributed by atoms with van der Waals surface area (Å²) >= 11 is 0. The minimum atomic E-state index is -0.645. The second kappa shape index (κ2) is 5.76. The van der Waals surface area contributed by atoms with Crippen molar-refractivity contribution in [2.45, 2.75) is 52.7 Å². The van der Waals surface area contributed by atoms with Crippen molar-refractivity contribution in [3.05, 3.63) is 23.7 Å². The summed E-state index contributed by atoms with van der Waals surface area (Å²) < 4.78 is 0. The van der Waals surface area contributed by atoms with Crippen LogP contribution in [0, 0.1) is 0 Å². The Morgan fingerprint density at radius 2 is 1.00 bits per heavy atom. The molecule has 0 saturated carbocycles. The zero-order valence-electron chi connectivity index (χ0n) is 12.6. The van der Waals surface area contributed by atoms with Crippen molar-refractivity contribution < 1.29 is 29.1 Å². The highest BCUT2D eigenvalue weighted by Gasteiger charge is 2.31. The molecule has 0 aromatic rings. The number of ketones is 2. The Bertz CT molecular complexity index is 417. The van der Waals surface area contributed by atoms with Crippen LogP contribution in [-0.2, 0) is 29.1 Å². The maximum Gasteiger partial charge on any atom is 0.262 e. The number of carbonyl (C=O) groups is 2. The van der Waals surface area contributed by atoms with E-state index < -0.39 is 22.8 Å². The molecule has 1 rings (SSSR count). The lowest BCUT2D eigenvalue weighted by Crippen LogP contribution is -2.26. The van der Waals surface area contributed by atoms with Crippen LogP contribution in [0.4, 0.5) is 0 Å². The molecular weight excluding hydrogens is 264 g/mol. The van der Waals surface area contributed by atoms with Crippen LogP contribution in [0.2, 0.25) is 0 Å². The van der Waals surface area contributed by atoms with Gasteiger partial charge in [-0.15, -0.1) is 0 Å².